The van der Waals surface area contributed by atoms with Gasteiger partial charge in [0.15, 0.2) is 0 Å². The van der Waals surface area contributed by atoms with Crippen LogP contribution in [0.2, 0.25) is 0 Å². The molecule has 1 aliphatic heterocycles. The van der Waals surface area contributed by atoms with Gasteiger partial charge in [-0.05, 0) is 32.3 Å². The molecule has 0 aromatic carbocycles. The van der Waals surface area contributed by atoms with Crippen LogP contribution in [-0.2, 0) is 11.2 Å². The fourth-order valence-electron chi connectivity index (χ4n) is 2.57. The Hall–Kier alpha value is -1.49. The molecule has 1 amide bonds. The predicted octanol–water partition coefficient (Wildman–Crippen LogP) is 1.35. The van der Waals surface area contributed by atoms with Crippen LogP contribution in [0.3, 0.4) is 0 Å². The fraction of sp³-hybridized carbons (Fsp3) is 0.667. The van der Waals surface area contributed by atoms with E-state index in [-0.39, 0.29) is 5.91 Å². The molecule has 0 spiro atoms. The molecule has 20 heavy (non-hydrogen) atoms. The highest BCUT2D eigenvalue weighted by molar-refractivity contribution is 5.76. The van der Waals surface area contributed by atoms with E-state index in [4.69, 9.17) is 0 Å². The molecule has 0 aliphatic carbocycles. The minimum Gasteiger partial charge on any atom is -0.341 e. The van der Waals surface area contributed by atoms with Crippen LogP contribution < -0.4 is 0 Å². The molecule has 1 aromatic heterocycles. The SMILES string of the molecule is CC(C)N1CCCN(C(=O)CCc2cncnc2)CC1. The van der Waals surface area contributed by atoms with Gasteiger partial charge in [-0.25, -0.2) is 9.97 Å². The number of nitrogens with zero attached hydrogens (tertiary/aromatic N) is 4. The average Bonchev–Trinajstić information content (AvgIpc) is 2.72. The standard InChI is InChI=1S/C15H24N4O/c1-13(2)18-6-3-7-19(9-8-18)15(20)5-4-14-10-16-12-17-11-14/h10-13H,3-9H2,1-2H3. The number of carbonyl (C=O) groups excluding carboxylic acids is 1. The van der Waals surface area contributed by atoms with Crippen molar-refractivity contribution in [2.24, 2.45) is 0 Å². The summed E-state index contributed by atoms with van der Waals surface area (Å²) in [7, 11) is 0. The summed E-state index contributed by atoms with van der Waals surface area (Å²) in [6, 6.07) is 0.562. The third kappa shape index (κ3) is 4.27. The van der Waals surface area contributed by atoms with Gasteiger partial charge < -0.3 is 4.90 Å². The van der Waals surface area contributed by atoms with Crippen molar-refractivity contribution < 1.29 is 4.79 Å². The molecule has 5 nitrogen and oxygen atoms in total. The minimum absolute atomic E-state index is 0.249. The maximum absolute atomic E-state index is 12.3. The topological polar surface area (TPSA) is 49.3 Å². The molecule has 0 saturated carbocycles. The van der Waals surface area contributed by atoms with Crippen molar-refractivity contribution >= 4 is 5.91 Å². The summed E-state index contributed by atoms with van der Waals surface area (Å²) < 4.78 is 0. The van der Waals surface area contributed by atoms with E-state index in [1.165, 1.54) is 6.33 Å². The van der Waals surface area contributed by atoms with Crippen LogP contribution in [0.4, 0.5) is 0 Å². The summed E-state index contributed by atoms with van der Waals surface area (Å²) in [5.41, 5.74) is 1.03. The summed E-state index contributed by atoms with van der Waals surface area (Å²) in [6.07, 6.45) is 7.42. The molecule has 0 unspecified atom stereocenters. The van der Waals surface area contributed by atoms with Crippen LogP contribution in [0.1, 0.15) is 32.3 Å². The van der Waals surface area contributed by atoms with Crippen molar-refractivity contribution in [3.63, 3.8) is 0 Å². The van der Waals surface area contributed by atoms with Crippen LogP contribution in [0.5, 0.6) is 0 Å². The zero-order valence-electron chi connectivity index (χ0n) is 12.5. The van der Waals surface area contributed by atoms with Gasteiger partial charge in [-0.2, -0.15) is 0 Å². The molecule has 2 rings (SSSR count). The Labute approximate surface area is 121 Å². The Bertz CT molecular complexity index is 421. The van der Waals surface area contributed by atoms with Gasteiger partial charge in [0.2, 0.25) is 5.91 Å². The van der Waals surface area contributed by atoms with Gasteiger partial charge in [0, 0.05) is 51.0 Å². The number of hydrogen-bond donors (Lipinski definition) is 0. The van der Waals surface area contributed by atoms with Gasteiger partial charge in [-0.1, -0.05) is 0 Å². The first-order valence-electron chi connectivity index (χ1n) is 7.42. The lowest BCUT2D eigenvalue weighted by molar-refractivity contribution is -0.131. The van der Waals surface area contributed by atoms with Gasteiger partial charge in [0.25, 0.3) is 0 Å². The van der Waals surface area contributed by atoms with Gasteiger partial charge in [-0.3, -0.25) is 9.69 Å². The number of aryl methyl sites for hydroxylation is 1. The van der Waals surface area contributed by atoms with E-state index in [1.807, 2.05) is 4.90 Å². The number of carbonyl (C=O) groups is 1. The molecule has 1 fully saturated rings. The molecular weight excluding hydrogens is 252 g/mol. The molecule has 110 valence electrons. The lowest BCUT2D eigenvalue weighted by Gasteiger charge is -2.24. The van der Waals surface area contributed by atoms with Gasteiger partial charge in [0.05, 0.1) is 0 Å². The monoisotopic (exact) mass is 276 g/mol. The van der Waals surface area contributed by atoms with Crippen molar-refractivity contribution in [3.05, 3.63) is 24.3 Å². The van der Waals surface area contributed by atoms with Gasteiger partial charge in [-0.15, -0.1) is 0 Å². The molecule has 0 bridgehead atoms. The number of amides is 1. The van der Waals surface area contributed by atoms with Gasteiger partial charge in [0.1, 0.15) is 6.33 Å². The first kappa shape index (κ1) is 14.9. The molecule has 1 aliphatic rings. The second-order valence-electron chi connectivity index (χ2n) is 5.61. The van der Waals surface area contributed by atoms with E-state index in [0.29, 0.717) is 12.5 Å². The summed E-state index contributed by atoms with van der Waals surface area (Å²) in [4.78, 5) is 24.7. The third-order valence-corrected chi connectivity index (χ3v) is 3.86. The van der Waals surface area contributed by atoms with Crippen molar-refractivity contribution in [2.75, 3.05) is 26.2 Å². The van der Waals surface area contributed by atoms with E-state index in [9.17, 15) is 4.79 Å². The largest absolute Gasteiger partial charge is 0.341 e. The highest BCUT2D eigenvalue weighted by atomic mass is 16.2. The Morgan fingerprint density at radius 1 is 1.20 bits per heavy atom. The first-order valence-corrected chi connectivity index (χ1v) is 7.42. The van der Waals surface area contributed by atoms with E-state index in [2.05, 4.69) is 28.7 Å². The Kier molecular flexibility index (Phi) is 5.47. The van der Waals surface area contributed by atoms with Crippen LogP contribution in [0.25, 0.3) is 0 Å². The predicted molar refractivity (Wildman–Crippen MR) is 78.3 cm³/mol. The maximum atomic E-state index is 12.3. The van der Waals surface area contributed by atoms with Crippen molar-refractivity contribution in [3.8, 4) is 0 Å². The van der Waals surface area contributed by atoms with Crippen LogP contribution in [-0.4, -0.2) is 57.9 Å². The number of hydrogen-bond acceptors (Lipinski definition) is 4. The van der Waals surface area contributed by atoms with E-state index < -0.39 is 0 Å². The van der Waals surface area contributed by atoms with Crippen LogP contribution in [0.15, 0.2) is 18.7 Å². The third-order valence-electron chi connectivity index (χ3n) is 3.86. The average molecular weight is 276 g/mol. The van der Waals surface area contributed by atoms with Gasteiger partial charge >= 0.3 is 0 Å². The maximum Gasteiger partial charge on any atom is 0.222 e. The molecule has 1 saturated heterocycles. The quantitative estimate of drug-likeness (QED) is 0.833. The van der Waals surface area contributed by atoms with E-state index >= 15 is 0 Å². The zero-order valence-corrected chi connectivity index (χ0v) is 12.5. The summed E-state index contributed by atoms with van der Waals surface area (Å²) in [5.74, 6) is 0.249. The Balaban J connectivity index is 1.80. The molecule has 0 radical (unpaired) electrons. The van der Waals surface area contributed by atoms with E-state index in [0.717, 1.165) is 44.6 Å². The summed E-state index contributed by atoms with van der Waals surface area (Å²) >= 11 is 0. The highest BCUT2D eigenvalue weighted by Gasteiger charge is 2.20. The molecule has 0 N–H and O–H groups in total. The molecular formula is C15H24N4O. The fourth-order valence-corrected chi connectivity index (χ4v) is 2.57. The van der Waals surface area contributed by atoms with Crippen LogP contribution in [0, 0.1) is 0 Å². The molecule has 0 atom stereocenters. The van der Waals surface area contributed by atoms with Crippen molar-refractivity contribution in [2.45, 2.75) is 39.2 Å². The normalized spacial score (nSPS) is 17.2. The summed E-state index contributed by atoms with van der Waals surface area (Å²) in [6.45, 7) is 8.24. The molecule has 1 aromatic rings. The number of rotatable bonds is 4. The van der Waals surface area contributed by atoms with Crippen molar-refractivity contribution in [1.82, 2.24) is 19.8 Å². The Morgan fingerprint density at radius 3 is 2.65 bits per heavy atom. The second-order valence-corrected chi connectivity index (χ2v) is 5.61. The van der Waals surface area contributed by atoms with E-state index in [1.54, 1.807) is 12.4 Å². The highest BCUT2D eigenvalue weighted by Crippen LogP contribution is 2.09. The lowest BCUT2D eigenvalue weighted by Crippen LogP contribution is -2.37. The molecule has 5 heteroatoms. The Morgan fingerprint density at radius 2 is 1.95 bits per heavy atom. The zero-order chi connectivity index (χ0) is 14.4. The smallest absolute Gasteiger partial charge is 0.222 e. The lowest BCUT2D eigenvalue weighted by atomic mass is 10.2. The van der Waals surface area contributed by atoms with Crippen LogP contribution >= 0.6 is 0 Å². The summed E-state index contributed by atoms with van der Waals surface area (Å²) in [5, 5.41) is 0. The minimum atomic E-state index is 0.249. The number of aromatic nitrogens is 2. The first-order chi connectivity index (χ1) is 9.66. The van der Waals surface area contributed by atoms with Crippen molar-refractivity contribution in [1.29, 1.82) is 0 Å². The molecule has 2 heterocycles. The second kappa shape index (κ2) is 7.33.